The van der Waals surface area contributed by atoms with E-state index in [0.29, 0.717) is 34.9 Å². The standard InChI is InChI=1S/C23H26N6O2/c1-28(18-11-16-4-5-17(12-18)25-16)22-8-7-20(26-27-22)19-6-3-14(9-21(19)30)15-10-23(31)29(2)24-13-15/h3,6-10,13,16-18,25,30H,4-5,11-12H2,1-2H3/t16-,17?,18-/m1/s1. The molecule has 2 fully saturated rings. The molecule has 0 spiro atoms. The van der Waals surface area contributed by atoms with Crippen molar-refractivity contribution in [1.29, 1.82) is 0 Å². The van der Waals surface area contributed by atoms with E-state index in [1.165, 1.54) is 23.6 Å². The van der Waals surface area contributed by atoms with Gasteiger partial charge in [0.1, 0.15) is 5.75 Å². The summed E-state index contributed by atoms with van der Waals surface area (Å²) in [6.07, 6.45) is 6.41. The van der Waals surface area contributed by atoms with Gasteiger partial charge in [-0.1, -0.05) is 6.07 Å². The number of phenols is 1. The molecule has 5 rings (SSSR count). The first-order valence-corrected chi connectivity index (χ1v) is 10.7. The minimum atomic E-state index is -0.201. The maximum Gasteiger partial charge on any atom is 0.267 e. The molecule has 2 bridgehead atoms. The second-order valence-corrected chi connectivity index (χ2v) is 8.59. The fourth-order valence-corrected chi connectivity index (χ4v) is 4.74. The van der Waals surface area contributed by atoms with Gasteiger partial charge in [-0.05, 0) is 55.5 Å². The van der Waals surface area contributed by atoms with Gasteiger partial charge in [0.25, 0.3) is 5.56 Å². The Morgan fingerprint density at radius 3 is 2.48 bits per heavy atom. The van der Waals surface area contributed by atoms with E-state index in [9.17, 15) is 9.90 Å². The first-order valence-electron chi connectivity index (χ1n) is 10.7. The predicted octanol–water partition coefficient (Wildman–Crippen LogP) is 2.33. The molecule has 3 aromatic rings. The largest absolute Gasteiger partial charge is 0.507 e. The summed E-state index contributed by atoms with van der Waals surface area (Å²) in [5, 5.41) is 27.1. The van der Waals surface area contributed by atoms with Crippen LogP contribution in [0, 0.1) is 0 Å². The van der Waals surface area contributed by atoms with Crippen molar-refractivity contribution in [2.75, 3.05) is 11.9 Å². The molecule has 31 heavy (non-hydrogen) atoms. The average molecular weight is 419 g/mol. The molecule has 1 unspecified atom stereocenters. The Kier molecular flexibility index (Phi) is 4.94. The molecule has 160 valence electrons. The molecule has 2 aliphatic heterocycles. The van der Waals surface area contributed by atoms with Crippen molar-refractivity contribution < 1.29 is 5.11 Å². The highest BCUT2D eigenvalue weighted by Crippen LogP contribution is 2.33. The van der Waals surface area contributed by atoms with Gasteiger partial charge in [0.05, 0.1) is 11.9 Å². The molecule has 1 aromatic carbocycles. The van der Waals surface area contributed by atoms with Gasteiger partial charge >= 0.3 is 0 Å². The highest BCUT2D eigenvalue weighted by Gasteiger charge is 2.35. The summed E-state index contributed by atoms with van der Waals surface area (Å²) in [5.41, 5.74) is 2.38. The zero-order chi connectivity index (χ0) is 21.5. The molecule has 2 aliphatic rings. The van der Waals surface area contributed by atoms with Crippen LogP contribution in [0.25, 0.3) is 22.4 Å². The Morgan fingerprint density at radius 2 is 1.84 bits per heavy atom. The van der Waals surface area contributed by atoms with Gasteiger partial charge in [-0.25, -0.2) is 4.68 Å². The first-order chi connectivity index (χ1) is 15.0. The molecule has 2 aromatic heterocycles. The second kappa shape index (κ2) is 7.77. The summed E-state index contributed by atoms with van der Waals surface area (Å²) < 4.78 is 1.26. The monoisotopic (exact) mass is 418 g/mol. The SMILES string of the molecule is CN(c1ccc(-c2ccc(-c3cnn(C)c(=O)c3)cc2O)nn1)[C@H]1CC2CC[C@H](C1)N2. The summed E-state index contributed by atoms with van der Waals surface area (Å²) >= 11 is 0. The number of piperidine rings is 1. The number of nitrogens with zero attached hydrogens (tertiary/aromatic N) is 5. The van der Waals surface area contributed by atoms with Crippen molar-refractivity contribution in [3.05, 3.63) is 52.9 Å². The third kappa shape index (κ3) is 3.79. The lowest BCUT2D eigenvalue weighted by Gasteiger charge is -2.36. The summed E-state index contributed by atoms with van der Waals surface area (Å²) in [6, 6.07) is 12.3. The van der Waals surface area contributed by atoms with Crippen LogP contribution in [0.3, 0.4) is 0 Å². The van der Waals surface area contributed by atoms with Crippen LogP contribution >= 0.6 is 0 Å². The summed E-state index contributed by atoms with van der Waals surface area (Å²) in [6.45, 7) is 0. The van der Waals surface area contributed by atoms with Gasteiger partial charge in [-0.15, -0.1) is 10.2 Å². The summed E-state index contributed by atoms with van der Waals surface area (Å²) in [4.78, 5) is 14.1. The fraction of sp³-hybridized carbons (Fsp3) is 0.391. The van der Waals surface area contributed by atoms with Crippen LogP contribution in [0.4, 0.5) is 5.82 Å². The number of fused-ring (bicyclic) bond motifs is 2. The molecule has 0 amide bonds. The number of anilines is 1. The molecule has 0 aliphatic carbocycles. The summed E-state index contributed by atoms with van der Waals surface area (Å²) in [5.74, 6) is 0.931. The Morgan fingerprint density at radius 1 is 1.06 bits per heavy atom. The Balaban J connectivity index is 1.35. The number of aromatic nitrogens is 4. The second-order valence-electron chi connectivity index (χ2n) is 8.59. The van der Waals surface area contributed by atoms with Crippen LogP contribution in [0.5, 0.6) is 5.75 Å². The van der Waals surface area contributed by atoms with E-state index >= 15 is 0 Å². The molecule has 0 radical (unpaired) electrons. The van der Waals surface area contributed by atoms with E-state index in [1.54, 1.807) is 25.4 Å². The van der Waals surface area contributed by atoms with Crippen molar-refractivity contribution in [2.45, 2.75) is 43.8 Å². The van der Waals surface area contributed by atoms with E-state index in [1.807, 2.05) is 18.2 Å². The van der Waals surface area contributed by atoms with E-state index in [2.05, 4.69) is 32.6 Å². The molecule has 4 heterocycles. The summed E-state index contributed by atoms with van der Waals surface area (Å²) in [7, 11) is 3.69. The zero-order valence-electron chi connectivity index (χ0n) is 17.7. The van der Waals surface area contributed by atoms with Crippen molar-refractivity contribution in [1.82, 2.24) is 25.3 Å². The number of hydrogen-bond donors (Lipinski definition) is 2. The predicted molar refractivity (Wildman–Crippen MR) is 119 cm³/mol. The van der Waals surface area contributed by atoms with Crippen LogP contribution in [-0.2, 0) is 7.05 Å². The fourth-order valence-electron chi connectivity index (χ4n) is 4.74. The van der Waals surface area contributed by atoms with Crippen molar-refractivity contribution in [2.24, 2.45) is 7.05 Å². The minimum Gasteiger partial charge on any atom is -0.507 e. The van der Waals surface area contributed by atoms with Gasteiger partial charge in [0.15, 0.2) is 5.82 Å². The maximum atomic E-state index is 11.8. The smallest absolute Gasteiger partial charge is 0.267 e. The number of nitrogens with one attached hydrogen (secondary N) is 1. The highest BCUT2D eigenvalue weighted by molar-refractivity contribution is 5.74. The number of rotatable bonds is 4. The topological polar surface area (TPSA) is 96.2 Å². The molecule has 3 atom stereocenters. The molecule has 2 saturated heterocycles. The average Bonchev–Trinajstić information content (AvgIpc) is 3.12. The Hall–Kier alpha value is -3.26. The quantitative estimate of drug-likeness (QED) is 0.671. The number of phenolic OH excluding ortho intramolecular Hbond substituents is 1. The first kappa shape index (κ1) is 19.7. The molecule has 8 heteroatoms. The number of aromatic hydroxyl groups is 1. The molecule has 2 N–H and O–H groups in total. The Labute approximate surface area is 180 Å². The lowest BCUT2D eigenvalue weighted by Crippen LogP contribution is -2.47. The van der Waals surface area contributed by atoms with Crippen LogP contribution in [0.1, 0.15) is 25.7 Å². The normalized spacial score (nSPS) is 22.5. The number of aryl methyl sites for hydroxylation is 1. The van der Waals surface area contributed by atoms with E-state index in [4.69, 9.17) is 0 Å². The molecular weight excluding hydrogens is 392 g/mol. The van der Waals surface area contributed by atoms with Gasteiger partial charge in [0, 0.05) is 49.4 Å². The lowest BCUT2D eigenvalue weighted by atomic mass is 9.98. The number of hydrogen-bond acceptors (Lipinski definition) is 7. The third-order valence-corrected chi connectivity index (χ3v) is 6.58. The maximum absolute atomic E-state index is 11.8. The minimum absolute atomic E-state index is 0.0866. The van der Waals surface area contributed by atoms with E-state index in [-0.39, 0.29) is 11.3 Å². The molecule has 0 saturated carbocycles. The van der Waals surface area contributed by atoms with Crippen LogP contribution in [0.15, 0.2) is 47.4 Å². The zero-order valence-corrected chi connectivity index (χ0v) is 17.7. The van der Waals surface area contributed by atoms with E-state index in [0.717, 1.165) is 24.2 Å². The Bertz CT molecular complexity index is 1150. The van der Waals surface area contributed by atoms with Gasteiger partial charge in [-0.3, -0.25) is 4.79 Å². The van der Waals surface area contributed by atoms with Crippen LogP contribution < -0.4 is 15.8 Å². The highest BCUT2D eigenvalue weighted by atomic mass is 16.3. The van der Waals surface area contributed by atoms with Gasteiger partial charge < -0.3 is 15.3 Å². The molecule has 8 nitrogen and oxygen atoms in total. The molecular formula is C23H26N6O2. The van der Waals surface area contributed by atoms with Crippen LogP contribution in [0.2, 0.25) is 0 Å². The van der Waals surface area contributed by atoms with Gasteiger partial charge in [0.2, 0.25) is 0 Å². The number of benzene rings is 1. The van der Waals surface area contributed by atoms with Crippen molar-refractivity contribution in [3.8, 4) is 28.1 Å². The van der Waals surface area contributed by atoms with Crippen LogP contribution in [-0.4, -0.2) is 50.3 Å². The lowest BCUT2D eigenvalue weighted by molar-refractivity contribution is 0.353. The van der Waals surface area contributed by atoms with Crippen molar-refractivity contribution in [3.63, 3.8) is 0 Å². The van der Waals surface area contributed by atoms with Gasteiger partial charge in [-0.2, -0.15) is 5.10 Å². The van der Waals surface area contributed by atoms with Crippen molar-refractivity contribution >= 4 is 5.82 Å². The third-order valence-electron chi connectivity index (χ3n) is 6.58. The van der Waals surface area contributed by atoms with E-state index < -0.39 is 0 Å².